The van der Waals surface area contributed by atoms with Crippen LogP contribution in [-0.4, -0.2) is 29.5 Å². The summed E-state index contributed by atoms with van der Waals surface area (Å²) >= 11 is 1.47. The maximum Gasteiger partial charge on any atom is 0.260 e. The highest BCUT2D eigenvalue weighted by Crippen LogP contribution is 2.32. The lowest BCUT2D eigenvalue weighted by molar-refractivity contribution is 0.0985. The van der Waals surface area contributed by atoms with Gasteiger partial charge in [-0.25, -0.2) is 13.4 Å². The third-order valence-corrected chi connectivity index (χ3v) is 8.68. The molecule has 0 aliphatic heterocycles. The normalized spacial score (nSPS) is 11.8. The summed E-state index contributed by atoms with van der Waals surface area (Å²) < 4.78 is 25.9. The zero-order chi connectivity index (χ0) is 23.6. The number of sulfone groups is 1. The second kappa shape index (κ2) is 9.41. The molecule has 0 N–H and O–H groups in total. The highest BCUT2D eigenvalue weighted by molar-refractivity contribution is 7.92. The van der Waals surface area contributed by atoms with E-state index in [2.05, 4.69) is 24.0 Å². The number of amides is 1. The lowest BCUT2D eigenvalue weighted by atomic mass is 10.2. The largest absolute Gasteiger partial charge is 0.279 e. The van der Waals surface area contributed by atoms with Crippen molar-refractivity contribution in [3.63, 3.8) is 0 Å². The van der Waals surface area contributed by atoms with Gasteiger partial charge in [-0.1, -0.05) is 24.3 Å². The first-order valence-corrected chi connectivity index (χ1v) is 13.1. The number of pyridine rings is 1. The number of rotatable bonds is 7. The van der Waals surface area contributed by atoms with E-state index in [1.165, 1.54) is 29.0 Å². The molecule has 0 fully saturated rings. The second-order valence-electron chi connectivity index (χ2n) is 8.02. The van der Waals surface area contributed by atoms with Gasteiger partial charge in [-0.15, -0.1) is 0 Å². The Balaban J connectivity index is 1.72. The Hall–Kier alpha value is -3.10. The number of fused-ring (bicyclic) bond motifs is 1. The smallest absolute Gasteiger partial charge is 0.260 e. The van der Waals surface area contributed by atoms with E-state index in [0.717, 1.165) is 22.2 Å². The van der Waals surface area contributed by atoms with Gasteiger partial charge >= 0.3 is 0 Å². The molecule has 0 bridgehead atoms. The Morgan fingerprint density at radius 2 is 1.70 bits per heavy atom. The van der Waals surface area contributed by atoms with Crippen LogP contribution in [0.1, 0.15) is 42.3 Å². The number of hydrogen-bond donors (Lipinski definition) is 0. The van der Waals surface area contributed by atoms with Gasteiger partial charge in [0.1, 0.15) is 0 Å². The van der Waals surface area contributed by atoms with Crippen molar-refractivity contribution in [2.24, 2.45) is 0 Å². The van der Waals surface area contributed by atoms with E-state index in [9.17, 15) is 13.2 Å². The van der Waals surface area contributed by atoms with Crippen molar-refractivity contribution in [2.75, 3.05) is 4.90 Å². The van der Waals surface area contributed by atoms with Crippen molar-refractivity contribution in [3.05, 3.63) is 83.7 Å². The van der Waals surface area contributed by atoms with Crippen molar-refractivity contribution in [2.45, 2.75) is 43.9 Å². The highest BCUT2D eigenvalue weighted by atomic mass is 32.2. The number of aryl methyl sites for hydroxylation is 1. The molecule has 4 rings (SSSR count). The van der Waals surface area contributed by atoms with Crippen LogP contribution in [-0.2, 0) is 22.8 Å². The van der Waals surface area contributed by atoms with E-state index in [0.29, 0.717) is 17.2 Å². The van der Waals surface area contributed by atoms with E-state index in [-0.39, 0.29) is 10.8 Å². The van der Waals surface area contributed by atoms with Crippen molar-refractivity contribution in [3.8, 4) is 0 Å². The molecule has 2 aromatic carbocycles. The molecule has 0 atom stereocenters. The molecule has 0 aliphatic rings. The fraction of sp³-hybridized carbons (Fsp3) is 0.240. The number of hydrogen-bond acceptors (Lipinski definition) is 6. The molecule has 0 saturated carbocycles. The van der Waals surface area contributed by atoms with Gasteiger partial charge in [-0.05, 0) is 79.9 Å². The van der Waals surface area contributed by atoms with E-state index in [1.54, 1.807) is 43.3 Å². The lowest BCUT2D eigenvalue weighted by Gasteiger charge is -2.20. The van der Waals surface area contributed by atoms with Crippen LogP contribution in [0.25, 0.3) is 10.2 Å². The third kappa shape index (κ3) is 4.82. The van der Waals surface area contributed by atoms with Crippen LogP contribution in [0.15, 0.2) is 71.9 Å². The molecule has 0 spiro atoms. The number of thiazole rings is 1. The number of nitrogens with zero attached hydrogens (tertiary/aromatic N) is 3. The standard InChI is InChI=1S/C25H25N3O3S2/c1-4-18-5-10-22-23(15-18)32-25(27-22)28(16-19-11-13-26-14-12-19)24(29)20-6-8-21(9-7-20)33(30,31)17(2)3/h5-15,17H,4,16H2,1-3H3. The average Bonchev–Trinajstić information content (AvgIpc) is 3.25. The lowest BCUT2D eigenvalue weighted by Crippen LogP contribution is -2.30. The topological polar surface area (TPSA) is 80.2 Å². The summed E-state index contributed by atoms with van der Waals surface area (Å²) in [6.45, 7) is 5.71. The number of carbonyl (C=O) groups is 1. The predicted molar refractivity (Wildman–Crippen MR) is 133 cm³/mol. The summed E-state index contributed by atoms with van der Waals surface area (Å²) in [7, 11) is -3.41. The fourth-order valence-corrected chi connectivity index (χ4v) is 5.49. The molecule has 0 unspecified atom stereocenters. The van der Waals surface area contributed by atoms with E-state index >= 15 is 0 Å². The fourth-order valence-electron chi connectivity index (χ4n) is 3.40. The number of anilines is 1. The Kier molecular flexibility index (Phi) is 6.58. The third-order valence-electron chi connectivity index (χ3n) is 5.47. The average molecular weight is 480 g/mol. The highest BCUT2D eigenvalue weighted by Gasteiger charge is 2.24. The molecule has 0 radical (unpaired) electrons. The first kappa shape index (κ1) is 23.1. The molecule has 170 valence electrons. The SMILES string of the molecule is CCc1ccc2nc(N(Cc3ccncc3)C(=O)c3ccc(S(=O)(=O)C(C)C)cc3)sc2c1. The molecule has 2 heterocycles. The minimum atomic E-state index is -3.41. The van der Waals surface area contributed by atoms with Crippen LogP contribution in [0, 0.1) is 0 Å². The van der Waals surface area contributed by atoms with Gasteiger partial charge in [0, 0.05) is 18.0 Å². The van der Waals surface area contributed by atoms with Crippen LogP contribution in [0.5, 0.6) is 0 Å². The van der Waals surface area contributed by atoms with Crippen LogP contribution >= 0.6 is 11.3 Å². The van der Waals surface area contributed by atoms with E-state index < -0.39 is 15.1 Å². The predicted octanol–water partition coefficient (Wildman–Crippen LogP) is 5.28. The molecule has 0 saturated heterocycles. The summed E-state index contributed by atoms with van der Waals surface area (Å²) in [5, 5.41) is 0.0666. The molecular weight excluding hydrogens is 454 g/mol. The van der Waals surface area contributed by atoms with Crippen LogP contribution in [0.2, 0.25) is 0 Å². The first-order valence-electron chi connectivity index (χ1n) is 10.7. The summed E-state index contributed by atoms with van der Waals surface area (Å²) in [5.74, 6) is -0.241. The van der Waals surface area contributed by atoms with Gasteiger partial charge in [0.05, 0.1) is 26.9 Å². The zero-order valence-electron chi connectivity index (χ0n) is 18.7. The van der Waals surface area contributed by atoms with Crippen molar-refractivity contribution >= 4 is 42.4 Å². The molecule has 2 aromatic heterocycles. The van der Waals surface area contributed by atoms with Gasteiger partial charge in [0.2, 0.25) is 0 Å². The number of aromatic nitrogens is 2. The van der Waals surface area contributed by atoms with Crippen LogP contribution in [0.4, 0.5) is 5.13 Å². The van der Waals surface area contributed by atoms with Gasteiger partial charge in [-0.3, -0.25) is 14.7 Å². The van der Waals surface area contributed by atoms with Crippen LogP contribution < -0.4 is 4.90 Å². The summed E-state index contributed by atoms with van der Waals surface area (Å²) in [5.41, 5.74) is 3.39. The van der Waals surface area contributed by atoms with E-state index in [1.807, 2.05) is 18.2 Å². The number of benzene rings is 2. The van der Waals surface area contributed by atoms with Crippen LogP contribution in [0.3, 0.4) is 0 Å². The molecular formula is C25H25N3O3S2. The van der Waals surface area contributed by atoms with Gasteiger partial charge < -0.3 is 0 Å². The van der Waals surface area contributed by atoms with E-state index in [4.69, 9.17) is 4.98 Å². The van der Waals surface area contributed by atoms with Gasteiger partial charge in [-0.2, -0.15) is 0 Å². The maximum absolute atomic E-state index is 13.6. The molecule has 1 amide bonds. The molecule has 33 heavy (non-hydrogen) atoms. The monoisotopic (exact) mass is 479 g/mol. The van der Waals surface area contributed by atoms with Gasteiger partial charge in [0.25, 0.3) is 5.91 Å². The minimum Gasteiger partial charge on any atom is -0.279 e. The van der Waals surface area contributed by atoms with Crippen molar-refractivity contribution in [1.82, 2.24) is 9.97 Å². The summed E-state index contributed by atoms with van der Waals surface area (Å²) in [6.07, 6.45) is 4.30. The molecule has 6 nitrogen and oxygen atoms in total. The van der Waals surface area contributed by atoms with Gasteiger partial charge in [0.15, 0.2) is 15.0 Å². The maximum atomic E-state index is 13.6. The van der Waals surface area contributed by atoms with Crippen molar-refractivity contribution < 1.29 is 13.2 Å². The number of carbonyl (C=O) groups excluding carboxylic acids is 1. The molecule has 8 heteroatoms. The Bertz CT molecular complexity index is 1380. The second-order valence-corrected chi connectivity index (χ2v) is 11.5. The summed E-state index contributed by atoms with van der Waals surface area (Å²) in [4.78, 5) is 24.2. The Labute approximate surface area is 197 Å². The Morgan fingerprint density at radius 1 is 1.00 bits per heavy atom. The minimum absolute atomic E-state index is 0.210. The quantitative estimate of drug-likeness (QED) is 0.360. The Morgan fingerprint density at radius 3 is 2.33 bits per heavy atom. The first-order chi connectivity index (χ1) is 15.8. The van der Waals surface area contributed by atoms with Crippen molar-refractivity contribution in [1.29, 1.82) is 0 Å². The zero-order valence-corrected chi connectivity index (χ0v) is 20.4. The summed E-state index contributed by atoms with van der Waals surface area (Å²) in [6, 6.07) is 16.0. The molecule has 0 aliphatic carbocycles. The molecule has 4 aromatic rings.